The molecule has 0 spiro atoms. The van der Waals surface area contributed by atoms with Crippen molar-refractivity contribution in [2.45, 2.75) is 12.8 Å². The van der Waals surface area contributed by atoms with Crippen LogP contribution in [0.5, 0.6) is 0 Å². The number of hydrogen-bond acceptors (Lipinski definition) is 6. The average Bonchev–Trinajstić information content (AvgIpc) is 3.22. The highest BCUT2D eigenvalue weighted by Crippen LogP contribution is 2.28. The first-order valence-electron chi connectivity index (χ1n) is 6.83. The highest BCUT2D eigenvalue weighted by molar-refractivity contribution is 5.77. The molecule has 7 nitrogen and oxygen atoms in total. The molecule has 3 rings (SSSR count). The molecule has 1 aromatic carbocycles. The maximum absolute atomic E-state index is 9.17. The van der Waals surface area contributed by atoms with Gasteiger partial charge in [0.05, 0.1) is 11.4 Å². The van der Waals surface area contributed by atoms with Crippen LogP contribution in [0.15, 0.2) is 30.5 Å². The number of nitrogens with one attached hydrogen (secondary N) is 2. The van der Waals surface area contributed by atoms with Crippen LogP contribution in [0.2, 0.25) is 0 Å². The van der Waals surface area contributed by atoms with Crippen molar-refractivity contribution in [3.8, 4) is 6.07 Å². The lowest BCUT2D eigenvalue weighted by atomic mass is 10.2. The summed E-state index contributed by atoms with van der Waals surface area (Å²) < 4.78 is 0. The minimum atomic E-state index is 0.281. The van der Waals surface area contributed by atoms with E-state index in [9.17, 15) is 0 Å². The van der Waals surface area contributed by atoms with Crippen molar-refractivity contribution in [2.24, 2.45) is 0 Å². The molecule has 2 heterocycles. The second kappa shape index (κ2) is 6.05. The Labute approximate surface area is 122 Å². The summed E-state index contributed by atoms with van der Waals surface area (Å²) in [7, 11) is 0. The van der Waals surface area contributed by atoms with Gasteiger partial charge in [-0.2, -0.15) is 10.5 Å². The summed E-state index contributed by atoms with van der Waals surface area (Å²) >= 11 is 0. The third kappa shape index (κ3) is 2.84. The lowest BCUT2D eigenvalue weighted by Gasteiger charge is -2.21. The Morgan fingerprint density at radius 3 is 2.86 bits per heavy atom. The Morgan fingerprint density at radius 2 is 2.14 bits per heavy atom. The van der Waals surface area contributed by atoms with Gasteiger partial charge in [-0.1, -0.05) is 12.1 Å². The molecule has 7 heteroatoms. The fourth-order valence-electron chi connectivity index (χ4n) is 2.40. The minimum Gasteiger partial charge on any atom is -0.370 e. The second-order valence-electron chi connectivity index (χ2n) is 4.76. The number of benzene rings is 1. The topological polar surface area (TPSA) is 93.5 Å². The lowest BCUT2D eigenvalue weighted by molar-refractivity contribution is 0.881. The molecule has 2 aromatic rings. The highest BCUT2D eigenvalue weighted by Gasteiger charge is 2.15. The van der Waals surface area contributed by atoms with Crippen LogP contribution in [0.4, 0.5) is 11.4 Å². The normalized spacial score (nSPS) is 15.0. The first-order valence-corrected chi connectivity index (χ1v) is 6.83. The van der Waals surface area contributed by atoms with E-state index < -0.39 is 0 Å². The molecule has 1 aromatic heterocycles. The van der Waals surface area contributed by atoms with Crippen LogP contribution < -0.4 is 10.2 Å². The molecule has 0 atom stereocenters. The number of aromatic nitrogens is 4. The second-order valence-corrected chi connectivity index (χ2v) is 4.76. The van der Waals surface area contributed by atoms with Gasteiger partial charge in [-0.05, 0) is 30.2 Å². The molecule has 0 saturated carbocycles. The number of hydrogen-bond donors (Lipinski definition) is 2. The molecular formula is C14H15N7. The van der Waals surface area contributed by atoms with Gasteiger partial charge in [0, 0.05) is 19.3 Å². The van der Waals surface area contributed by atoms with Crippen LogP contribution >= 0.6 is 0 Å². The van der Waals surface area contributed by atoms with E-state index in [1.807, 2.05) is 18.2 Å². The van der Waals surface area contributed by atoms with Gasteiger partial charge < -0.3 is 10.2 Å². The third-order valence-electron chi connectivity index (χ3n) is 3.43. The van der Waals surface area contributed by atoms with Gasteiger partial charge in [-0.25, -0.2) is 0 Å². The number of nitriles is 1. The number of H-pyrrole nitrogens is 1. The summed E-state index contributed by atoms with van der Waals surface area (Å²) in [6, 6.07) is 10.1. The predicted octanol–water partition coefficient (Wildman–Crippen LogP) is 1.78. The van der Waals surface area contributed by atoms with Crippen LogP contribution in [0.25, 0.3) is 5.57 Å². The van der Waals surface area contributed by atoms with E-state index in [0.29, 0.717) is 5.57 Å². The largest absolute Gasteiger partial charge is 0.370 e. The molecular weight excluding hydrogens is 266 g/mol. The number of aromatic amines is 1. The fraction of sp³-hybridized carbons (Fsp3) is 0.286. The summed E-state index contributed by atoms with van der Waals surface area (Å²) in [5.41, 5.74) is 2.45. The summed E-state index contributed by atoms with van der Waals surface area (Å²) in [4.78, 5) is 2.34. The standard InChI is InChI=1S/C14H15N7/c15-9-11(14-17-19-20-18-14)10-16-12-5-1-2-6-13(12)21-7-3-4-8-21/h1-2,5-6,10,16H,3-4,7-8H2,(H,17,18,19,20). The summed E-state index contributed by atoms with van der Waals surface area (Å²) in [6.45, 7) is 2.14. The lowest BCUT2D eigenvalue weighted by Crippen LogP contribution is -2.18. The molecule has 1 saturated heterocycles. The Kier molecular flexibility index (Phi) is 3.78. The van der Waals surface area contributed by atoms with Crippen molar-refractivity contribution in [2.75, 3.05) is 23.3 Å². The number of tetrazole rings is 1. The number of allylic oxidation sites excluding steroid dienone is 1. The van der Waals surface area contributed by atoms with Crippen LogP contribution in [0, 0.1) is 11.3 Å². The van der Waals surface area contributed by atoms with E-state index in [2.05, 4.69) is 43.0 Å². The van der Waals surface area contributed by atoms with Gasteiger partial charge in [0.2, 0.25) is 5.82 Å². The van der Waals surface area contributed by atoms with Crippen molar-refractivity contribution in [3.63, 3.8) is 0 Å². The molecule has 0 radical (unpaired) electrons. The molecule has 0 unspecified atom stereocenters. The average molecular weight is 281 g/mol. The first-order chi connectivity index (χ1) is 10.4. The SMILES string of the molecule is N#CC(=CNc1ccccc1N1CCCC1)c1nn[nH]n1. The number of rotatable bonds is 4. The van der Waals surface area contributed by atoms with Gasteiger partial charge >= 0.3 is 0 Å². The Balaban J connectivity index is 1.83. The maximum atomic E-state index is 9.17. The van der Waals surface area contributed by atoms with Crippen LogP contribution in [-0.2, 0) is 0 Å². The molecule has 0 bridgehead atoms. The third-order valence-corrected chi connectivity index (χ3v) is 3.43. The summed E-state index contributed by atoms with van der Waals surface area (Å²) in [5, 5.41) is 25.8. The molecule has 2 N–H and O–H groups in total. The molecule has 0 amide bonds. The van der Waals surface area contributed by atoms with Crippen molar-refractivity contribution in [3.05, 3.63) is 36.3 Å². The molecule has 1 fully saturated rings. The van der Waals surface area contributed by atoms with Crippen LogP contribution in [0.3, 0.4) is 0 Å². The Morgan fingerprint density at radius 1 is 1.33 bits per heavy atom. The Bertz CT molecular complexity index is 663. The van der Waals surface area contributed by atoms with E-state index in [1.165, 1.54) is 12.8 Å². The fourth-order valence-corrected chi connectivity index (χ4v) is 2.40. The zero-order chi connectivity index (χ0) is 14.5. The first kappa shape index (κ1) is 13.1. The Hall–Kier alpha value is -2.88. The molecule has 106 valence electrons. The van der Waals surface area contributed by atoms with Crippen LogP contribution in [0.1, 0.15) is 18.7 Å². The van der Waals surface area contributed by atoms with Crippen LogP contribution in [-0.4, -0.2) is 33.7 Å². The zero-order valence-electron chi connectivity index (χ0n) is 11.5. The van der Waals surface area contributed by atoms with Crippen molar-refractivity contribution >= 4 is 16.9 Å². The molecule has 1 aliphatic heterocycles. The quantitative estimate of drug-likeness (QED) is 0.830. The van der Waals surface area contributed by atoms with E-state index in [0.717, 1.165) is 24.5 Å². The zero-order valence-corrected chi connectivity index (χ0v) is 11.5. The van der Waals surface area contributed by atoms with Gasteiger partial charge in [0.15, 0.2) is 0 Å². The molecule has 0 aliphatic carbocycles. The van der Waals surface area contributed by atoms with Gasteiger partial charge in [0.25, 0.3) is 0 Å². The van der Waals surface area contributed by atoms with Crippen molar-refractivity contribution in [1.82, 2.24) is 20.6 Å². The van der Waals surface area contributed by atoms with Gasteiger partial charge in [-0.15, -0.1) is 10.2 Å². The van der Waals surface area contributed by atoms with E-state index in [1.54, 1.807) is 6.20 Å². The van der Waals surface area contributed by atoms with Gasteiger partial charge in [0.1, 0.15) is 11.6 Å². The van der Waals surface area contributed by atoms with Crippen molar-refractivity contribution < 1.29 is 0 Å². The highest BCUT2D eigenvalue weighted by atomic mass is 15.5. The number of anilines is 2. The van der Waals surface area contributed by atoms with E-state index in [4.69, 9.17) is 5.26 Å². The van der Waals surface area contributed by atoms with Crippen molar-refractivity contribution in [1.29, 1.82) is 5.26 Å². The molecule has 1 aliphatic rings. The van der Waals surface area contributed by atoms with E-state index in [-0.39, 0.29) is 5.82 Å². The predicted molar refractivity (Wildman–Crippen MR) is 79.3 cm³/mol. The minimum absolute atomic E-state index is 0.281. The maximum Gasteiger partial charge on any atom is 0.216 e. The number of nitrogens with zero attached hydrogens (tertiary/aromatic N) is 5. The smallest absolute Gasteiger partial charge is 0.216 e. The van der Waals surface area contributed by atoms with Gasteiger partial charge in [-0.3, -0.25) is 0 Å². The summed E-state index contributed by atoms with van der Waals surface area (Å²) in [6.07, 6.45) is 4.05. The van der Waals surface area contributed by atoms with E-state index >= 15 is 0 Å². The molecule has 21 heavy (non-hydrogen) atoms. The monoisotopic (exact) mass is 281 g/mol. The number of para-hydroxylation sites is 2. The summed E-state index contributed by atoms with van der Waals surface area (Å²) in [5.74, 6) is 0.281.